The molecule has 1 aromatic heterocycles. The second kappa shape index (κ2) is 3.27. The van der Waals surface area contributed by atoms with Crippen LogP contribution in [0.3, 0.4) is 0 Å². The average molecular weight is 187 g/mol. The fourth-order valence-electron chi connectivity index (χ4n) is 1.60. The van der Waals surface area contributed by atoms with Gasteiger partial charge in [0.2, 0.25) is 0 Å². The summed E-state index contributed by atoms with van der Waals surface area (Å²) in [5.41, 5.74) is 14.4. The number of hydrogen-bond acceptors (Lipinski definition) is 3. The van der Waals surface area contributed by atoms with Gasteiger partial charge in [0.1, 0.15) is 5.82 Å². The van der Waals surface area contributed by atoms with Crippen LogP contribution in [0.5, 0.6) is 0 Å². The maximum absolute atomic E-state index is 5.67. The van der Waals surface area contributed by atoms with Gasteiger partial charge in [-0.3, -0.25) is 0 Å². The van der Waals surface area contributed by atoms with Crippen molar-refractivity contribution in [3.05, 3.63) is 35.4 Å². The van der Waals surface area contributed by atoms with Gasteiger partial charge in [0.15, 0.2) is 0 Å². The van der Waals surface area contributed by atoms with E-state index in [9.17, 15) is 0 Å². The van der Waals surface area contributed by atoms with Gasteiger partial charge >= 0.3 is 0 Å². The van der Waals surface area contributed by atoms with Crippen LogP contribution in [0.2, 0.25) is 0 Å². The zero-order chi connectivity index (χ0) is 10.1. The third kappa shape index (κ3) is 1.42. The molecule has 1 heterocycles. The molecule has 0 amide bonds. The molecule has 0 aliphatic carbocycles. The molecular formula is C11H13N3. The number of benzene rings is 1. The van der Waals surface area contributed by atoms with E-state index < -0.39 is 0 Å². The fourth-order valence-corrected chi connectivity index (χ4v) is 1.60. The van der Waals surface area contributed by atoms with Crippen LogP contribution in [0.1, 0.15) is 11.1 Å². The summed E-state index contributed by atoms with van der Waals surface area (Å²) >= 11 is 0. The van der Waals surface area contributed by atoms with Crippen molar-refractivity contribution < 1.29 is 0 Å². The minimum absolute atomic E-state index is 0.533. The summed E-state index contributed by atoms with van der Waals surface area (Å²) in [6.45, 7) is 2.56. The molecule has 14 heavy (non-hydrogen) atoms. The molecule has 0 fully saturated rings. The molecule has 0 spiro atoms. The number of nitrogens with two attached hydrogens (primary N) is 2. The van der Waals surface area contributed by atoms with E-state index >= 15 is 0 Å². The number of aromatic nitrogens is 1. The lowest BCUT2D eigenvalue weighted by Gasteiger charge is -2.04. The Morgan fingerprint density at radius 1 is 1.29 bits per heavy atom. The van der Waals surface area contributed by atoms with Crippen molar-refractivity contribution in [1.82, 2.24) is 4.98 Å². The molecule has 1 aromatic carbocycles. The van der Waals surface area contributed by atoms with Crippen LogP contribution in [0.25, 0.3) is 10.9 Å². The van der Waals surface area contributed by atoms with Gasteiger partial charge in [0.25, 0.3) is 0 Å². The third-order valence-corrected chi connectivity index (χ3v) is 2.34. The first-order chi connectivity index (χ1) is 6.70. The summed E-state index contributed by atoms with van der Waals surface area (Å²) in [4.78, 5) is 4.27. The van der Waals surface area contributed by atoms with Crippen LogP contribution in [0.15, 0.2) is 24.3 Å². The van der Waals surface area contributed by atoms with E-state index in [1.165, 1.54) is 0 Å². The van der Waals surface area contributed by atoms with Crippen LogP contribution >= 0.6 is 0 Å². The molecule has 0 atom stereocenters. The van der Waals surface area contributed by atoms with Crippen LogP contribution in [-0.2, 0) is 6.54 Å². The minimum Gasteiger partial charge on any atom is -0.384 e. The summed E-state index contributed by atoms with van der Waals surface area (Å²) in [6, 6.07) is 7.93. The van der Waals surface area contributed by atoms with Crippen molar-refractivity contribution in [2.24, 2.45) is 5.73 Å². The first-order valence-electron chi connectivity index (χ1n) is 4.56. The summed E-state index contributed by atoms with van der Waals surface area (Å²) in [7, 11) is 0. The van der Waals surface area contributed by atoms with E-state index in [0.717, 1.165) is 22.0 Å². The molecule has 4 N–H and O–H groups in total. The standard InChI is InChI=1S/C11H13N3/c1-7-4-11(13)14-10-5-8(6-12)2-3-9(7)10/h2-5H,6,12H2,1H3,(H2,13,14). The van der Waals surface area contributed by atoms with E-state index in [1.54, 1.807) is 0 Å². The van der Waals surface area contributed by atoms with Gasteiger partial charge in [-0.25, -0.2) is 4.98 Å². The zero-order valence-corrected chi connectivity index (χ0v) is 8.12. The Hall–Kier alpha value is -1.61. The van der Waals surface area contributed by atoms with Crippen LogP contribution < -0.4 is 11.5 Å². The summed E-state index contributed by atoms with van der Waals surface area (Å²) < 4.78 is 0. The van der Waals surface area contributed by atoms with Crippen molar-refractivity contribution in [2.75, 3.05) is 5.73 Å². The summed E-state index contributed by atoms with van der Waals surface area (Å²) in [6.07, 6.45) is 0. The van der Waals surface area contributed by atoms with Gasteiger partial charge in [-0.05, 0) is 30.2 Å². The maximum atomic E-state index is 5.67. The second-order valence-corrected chi connectivity index (χ2v) is 3.42. The first kappa shape index (κ1) is 8.97. The highest BCUT2D eigenvalue weighted by Gasteiger charge is 2.01. The molecule has 3 nitrogen and oxygen atoms in total. The number of fused-ring (bicyclic) bond motifs is 1. The molecule has 0 saturated carbocycles. The SMILES string of the molecule is Cc1cc(N)nc2cc(CN)ccc12. The molecule has 72 valence electrons. The van der Waals surface area contributed by atoms with Gasteiger partial charge in [-0.2, -0.15) is 0 Å². The van der Waals surface area contributed by atoms with Gasteiger partial charge in [-0.1, -0.05) is 12.1 Å². The Bertz CT molecular complexity index is 477. The van der Waals surface area contributed by atoms with Crippen LogP contribution in [-0.4, -0.2) is 4.98 Å². The van der Waals surface area contributed by atoms with Crippen molar-refractivity contribution in [2.45, 2.75) is 13.5 Å². The molecule has 0 aliphatic heterocycles. The third-order valence-electron chi connectivity index (χ3n) is 2.34. The van der Waals surface area contributed by atoms with Crippen molar-refractivity contribution >= 4 is 16.7 Å². The topological polar surface area (TPSA) is 64.9 Å². The van der Waals surface area contributed by atoms with Crippen molar-refractivity contribution in [3.8, 4) is 0 Å². The Balaban J connectivity index is 2.75. The molecule has 2 rings (SSSR count). The zero-order valence-electron chi connectivity index (χ0n) is 8.12. The predicted molar refractivity (Wildman–Crippen MR) is 58.8 cm³/mol. The highest BCUT2D eigenvalue weighted by atomic mass is 14.8. The van der Waals surface area contributed by atoms with E-state index in [0.29, 0.717) is 12.4 Å². The lowest BCUT2D eigenvalue weighted by molar-refractivity contribution is 1.07. The lowest BCUT2D eigenvalue weighted by atomic mass is 10.1. The predicted octanol–water partition coefficient (Wildman–Crippen LogP) is 1.58. The van der Waals surface area contributed by atoms with Crippen molar-refractivity contribution in [1.29, 1.82) is 0 Å². The number of pyridine rings is 1. The summed E-state index contributed by atoms with van der Waals surface area (Å²) in [5.74, 6) is 0.559. The highest BCUT2D eigenvalue weighted by molar-refractivity contribution is 5.84. The average Bonchev–Trinajstić information content (AvgIpc) is 2.16. The van der Waals surface area contributed by atoms with Gasteiger partial charge < -0.3 is 11.5 Å². The Morgan fingerprint density at radius 2 is 2.07 bits per heavy atom. The lowest BCUT2D eigenvalue weighted by Crippen LogP contribution is -1.97. The van der Waals surface area contributed by atoms with Crippen LogP contribution in [0, 0.1) is 6.92 Å². The molecular weight excluding hydrogens is 174 g/mol. The normalized spacial score (nSPS) is 10.7. The Kier molecular flexibility index (Phi) is 2.09. The smallest absolute Gasteiger partial charge is 0.124 e. The van der Waals surface area contributed by atoms with E-state index in [4.69, 9.17) is 11.5 Å². The molecule has 0 aliphatic rings. The molecule has 0 saturated heterocycles. The Morgan fingerprint density at radius 3 is 2.79 bits per heavy atom. The molecule has 0 unspecified atom stereocenters. The van der Waals surface area contributed by atoms with Crippen molar-refractivity contribution in [3.63, 3.8) is 0 Å². The molecule has 0 radical (unpaired) electrons. The largest absolute Gasteiger partial charge is 0.384 e. The maximum Gasteiger partial charge on any atom is 0.124 e. The summed E-state index contributed by atoms with van der Waals surface area (Å²) in [5, 5.41) is 1.14. The van der Waals surface area contributed by atoms with Gasteiger partial charge in [0, 0.05) is 11.9 Å². The van der Waals surface area contributed by atoms with E-state index in [1.807, 2.05) is 31.2 Å². The number of hydrogen-bond donors (Lipinski definition) is 2. The number of nitrogen functional groups attached to an aromatic ring is 1. The number of rotatable bonds is 1. The van der Waals surface area contributed by atoms with E-state index in [2.05, 4.69) is 4.98 Å². The van der Waals surface area contributed by atoms with Gasteiger partial charge in [0.05, 0.1) is 5.52 Å². The first-order valence-corrected chi connectivity index (χ1v) is 4.56. The fraction of sp³-hybridized carbons (Fsp3) is 0.182. The van der Waals surface area contributed by atoms with Crippen LogP contribution in [0.4, 0.5) is 5.82 Å². The van der Waals surface area contributed by atoms with E-state index in [-0.39, 0.29) is 0 Å². The molecule has 0 bridgehead atoms. The Labute approximate surface area is 82.7 Å². The minimum atomic E-state index is 0.533. The molecule has 3 heteroatoms. The van der Waals surface area contributed by atoms with Gasteiger partial charge in [-0.15, -0.1) is 0 Å². The highest BCUT2D eigenvalue weighted by Crippen LogP contribution is 2.19. The molecule has 2 aromatic rings. The second-order valence-electron chi connectivity index (χ2n) is 3.42. The quantitative estimate of drug-likeness (QED) is 0.712. The number of anilines is 1. The monoisotopic (exact) mass is 187 g/mol. The number of aryl methyl sites for hydroxylation is 1. The number of nitrogens with zero attached hydrogens (tertiary/aromatic N) is 1.